The summed E-state index contributed by atoms with van der Waals surface area (Å²) in [6.07, 6.45) is 3.27. The van der Waals surface area contributed by atoms with Gasteiger partial charge in [0.1, 0.15) is 6.33 Å². The van der Waals surface area contributed by atoms with Crippen LogP contribution in [-0.4, -0.2) is 30.8 Å². The van der Waals surface area contributed by atoms with Gasteiger partial charge < -0.3 is 10.9 Å². The molecule has 0 aliphatic carbocycles. The molecule has 100 valence electrons. The fraction of sp³-hybridized carbons (Fsp3) is 0.333. The molecule has 19 heavy (non-hydrogen) atoms. The number of amidine groups is 1. The smallest absolute Gasteiger partial charge is 0.220 e. The summed E-state index contributed by atoms with van der Waals surface area (Å²) in [5.41, 5.74) is 6.59. The fourth-order valence-corrected chi connectivity index (χ4v) is 1.50. The van der Waals surface area contributed by atoms with Gasteiger partial charge in [-0.1, -0.05) is 32.0 Å². The topological polar surface area (TPSA) is 102 Å². The lowest BCUT2D eigenvalue weighted by atomic mass is 9.88. The molecule has 0 radical (unpaired) electrons. The molecule has 2 rings (SSSR count). The van der Waals surface area contributed by atoms with Crippen LogP contribution in [0.4, 0.5) is 0 Å². The molecule has 0 amide bonds. The Morgan fingerprint density at radius 1 is 1.32 bits per heavy atom. The van der Waals surface area contributed by atoms with Crippen LogP contribution in [0.3, 0.4) is 0 Å². The highest BCUT2D eigenvalue weighted by Gasteiger charge is 2.14. The number of hydrogen-bond donors (Lipinski definition) is 2. The normalized spacial score (nSPS) is 12.7. The Kier molecular flexibility index (Phi) is 3.20. The maximum atomic E-state index is 8.55. The minimum Gasteiger partial charge on any atom is -0.409 e. The van der Waals surface area contributed by atoms with Crippen LogP contribution in [0.1, 0.15) is 32.2 Å². The van der Waals surface area contributed by atoms with Crippen molar-refractivity contribution in [3.63, 3.8) is 0 Å². The van der Waals surface area contributed by atoms with Crippen LogP contribution in [-0.2, 0) is 5.41 Å². The fourth-order valence-electron chi connectivity index (χ4n) is 1.50. The van der Waals surface area contributed by atoms with Crippen LogP contribution in [0, 0.1) is 0 Å². The third-order valence-corrected chi connectivity index (χ3v) is 2.68. The van der Waals surface area contributed by atoms with E-state index < -0.39 is 0 Å². The van der Waals surface area contributed by atoms with E-state index >= 15 is 0 Å². The van der Waals surface area contributed by atoms with Gasteiger partial charge in [-0.25, -0.2) is 14.6 Å². The summed E-state index contributed by atoms with van der Waals surface area (Å²) in [5.74, 6) is 0.645. The Morgan fingerprint density at radius 3 is 2.58 bits per heavy atom. The number of hydrogen-bond acceptors (Lipinski definition) is 5. The summed E-state index contributed by atoms with van der Waals surface area (Å²) in [6, 6.07) is 3.85. The molecule has 0 aliphatic heterocycles. The van der Waals surface area contributed by atoms with Crippen LogP contribution >= 0.6 is 0 Å². The molecule has 3 N–H and O–H groups in total. The van der Waals surface area contributed by atoms with Gasteiger partial charge in [0.25, 0.3) is 0 Å². The molecular formula is C12H16N6O. The van der Waals surface area contributed by atoms with Gasteiger partial charge in [-0.15, -0.1) is 5.10 Å². The summed E-state index contributed by atoms with van der Waals surface area (Å²) in [7, 11) is 0. The molecular weight excluding hydrogens is 244 g/mol. The molecule has 2 aromatic heterocycles. The first kappa shape index (κ1) is 13.0. The van der Waals surface area contributed by atoms with E-state index in [1.807, 2.05) is 12.1 Å². The highest BCUT2D eigenvalue weighted by Crippen LogP contribution is 2.21. The second kappa shape index (κ2) is 4.68. The van der Waals surface area contributed by atoms with Crippen molar-refractivity contribution in [1.82, 2.24) is 19.7 Å². The Morgan fingerprint density at radius 2 is 2.05 bits per heavy atom. The maximum Gasteiger partial charge on any atom is 0.220 e. The van der Waals surface area contributed by atoms with E-state index in [4.69, 9.17) is 10.9 Å². The zero-order valence-electron chi connectivity index (χ0n) is 11.1. The summed E-state index contributed by atoms with van der Waals surface area (Å²) in [4.78, 5) is 8.26. The molecule has 2 aromatic rings. The summed E-state index contributed by atoms with van der Waals surface area (Å²) < 4.78 is 1.47. The average Bonchev–Trinajstić information content (AvgIpc) is 2.86. The average molecular weight is 260 g/mol. The minimum atomic E-state index is -0.134. The van der Waals surface area contributed by atoms with Gasteiger partial charge in [-0.05, 0) is 17.0 Å². The van der Waals surface area contributed by atoms with E-state index in [0.29, 0.717) is 5.82 Å². The van der Waals surface area contributed by atoms with Crippen molar-refractivity contribution in [2.75, 3.05) is 0 Å². The Bertz CT molecular complexity index is 593. The number of oxime groups is 1. The highest BCUT2D eigenvalue weighted by molar-refractivity contribution is 5.93. The van der Waals surface area contributed by atoms with Crippen molar-refractivity contribution in [1.29, 1.82) is 0 Å². The second-order valence-electron chi connectivity index (χ2n) is 5.15. The van der Waals surface area contributed by atoms with Crippen LogP contribution in [0.25, 0.3) is 5.82 Å². The largest absolute Gasteiger partial charge is 0.409 e. The van der Waals surface area contributed by atoms with E-state index in [9.17, 15) is 0 Å². The van der Waals surface area contributed by atoms with Crippen LogP contribution in [0.5, 0.6) is 0 Å². The summed E-state index contributed by atoms with van der Waals surface area (Å²) >= 11 is 0. The number of rotatable bonds is 2. The van der Waals surface area contributed by atoms with E-state index in [2.05, 4.69) is 41.0 Å². The summed E-state index contributed by atoms with van der Waals surface area (Å²) in [6.45, 7) is 6.36. The predicted octanol–water partition coefficient (Wildman–Crippen LogP) is 1.05. The zero-order chi connectivity index (χ0) is 14.0. The highest BCUT2D eigenvalue weighted by atomic mass is 16.4. The third kappa shape index (κ3) is 2.70. The first-order valence-electron chi connectivity index (χ1n) is 5.78. The van der Waals surface area contributed by atoms with Gasteiger partial charge in [0, 0.05) is 6.20 Å². The Hall–Kier alpha value is -2.44. The molecule has 0 unspecified atom stereocenters. The second-order valence-corrected chi connectivity index (χ2v) is 5.15. The number of nitrogens with two attached hydrogens (primary N) is 1. The number of nitrogens with zero attached hydrogens (tertiary/aromatic N) is 5. The van der Waals surface area contributed by atoms with Gasteiger partial charge in [0.15, 0.2) is 5.82 Å². The van der Waals surface area contributed by atoms with Gasteiger partial charge >= 0.3 is 0 Å². The van der Waals surface area contributed by atoms with Crippen molar-refractivity contribution in [2.24, 2.45) is 10.9 Å². The van der Waals surface area contributed by atoms with Gasteiger partial charge in [0.2, 0.25) is 11.7 Å². The maximum absolute atomic E-state index is 8.55. The first-order valence-corrected chi connectivity index (χ1v) is 5.78. The van der Waals surface area contributed by atoms with Crippen LogP contribution in [0.2, 0.25) is 0 Å². The van der Waals surface area contributed by atoms with Gasteiger partial charge in [-0.2, -0.15) is 0 Å². The molecule has 0 fully saturated rings. The monoisotopic (exact) mass is 260 g/mol. The van der Waals surface area contributed by atoms with Crippen molar-refractivity contribution < 1.29 is 5.21 Å². The number of pyridine rings is 1. The lowest BCUT2D eigenvalue weighted by Crippen LogP contribution is -2.15. The van der Waals surface area contributed by atoms with Crippen molar-refractivity contribution in [2.45, 2.75) is 26.2 Å². The molecule has 2 heterocycles. The quantitative estimate of drug-likeness (QED) is 0.364. The van der Waals surface area contributed by atoms with Gasteiger partial charge in [-0.3, -0.25) is 0 Å². The van der Waals surface area contributed by atoms with Crippen LogP contribution < -0.4 is 5.73 Å². The molecule has 0 aliphatic rings. The lowest BCUT2D eigenvalue weighted by molar-refractivity contribution is 0.318. The third-order valence-electron chi connectivity index (χ3n) is 2.68. The molecule has 0 aromatic carbocycles. The minimum absolute atomic E-state index is 0.0486. The van der Waals surface area contributed by atoms with Crippen LogP contribution in [0.15, 0.2) is 29.8 Å². The molecule has 0 saturated heterocycles. The molecule has 0 spiro atoms. The Balaban J connectivity index is 2.30. The lowest BCUT2D eigenvalue weighted by Gasteiger charge is -2.18. The zero-order valence-corrected chi connectivity index (χ0v) is 11.1. The molecule has 0 bridgehead atoms. The standard InChI is InChI=1S/C12H16N6O/c1-12(2,3)8-4-5-9(14-6-8)18-7-15-11(16-18)10(13)17-19/h4-7,19H,1-3H3,(H2,13,17). The predicted molar refractivity (Wildman–Crippen MR) is 70.4 cm³/mol. The van der Waals surface area contributed by atoms with Gasteiger partial charge in [0.05, 0.1) is 0 Å². The molecule has 0 saturated carbocycles. The van der Waals surface area contributed by atoms with E-state index in [-0.39, 0.29) is 17.1 Å². The SMILES string of the molecule is CC(C)(C)c1ccc(-n2cnc(/C(N)=N/O)n2)nc1. The van der Waals surface area contributed by atoms with Crippen molar-refractivity contribution in [3.05, 3.63) is 36.0 Å². The first-order chi connectivity index (χ1) is 8.91. The molecule has 0 atom stereocenters. The van der Waals surface area contributed by atoms with E-state index in [0.717, 1.165) is 5.56 Å². The van der Waals surface area contributed by atoms with Crippen molar-refractivity contribution in [3.8, 4) is 5.82 Å². The van der Waals surface area contributed by atoms with E-state index in [1.54, 1.807) is 6.20 Å². The van der Waals surface area contributed by atoms with Crippen molar-refractivity contribution >= 4 is 5.84 Å². The Labute approximate surface area is 110 Å². The molecule has 7 nitrogen and oxygen atoms in total. The molecule has 7 heteroatoms. The van der Waals surface area contributed by atoms with E-state index in [1.165, 1.54) is 11.0 Å². The number of aromatic nitrogens is 4. The summed E-state index contributed by atoms with van der Waals surface area (Å²) in [5, 5.41) is 15.5.